The van der Waals surface area contributed by atoms with E-state index in [4.69, 9.17) is 22.5 Å². The van der Waals surface area contributed by atoms with E-state index in [0.717, 1.165) is 5.56 Å². The molecule has 0 aliphatic heterocycles. The maximum atomic E-state index is 12.0. The van der Waals surface area contributed by atoms with Gasteiger partial charge in [-0.3, -0.25) is 0 Å². The number of amidine groups is 1. The molecule has 0 bridgehead atoms. The van der Waals surface area contributed by atoms with Crippen molar-refractivity contribution in [2.45, 2.75) is 19.9 Å². The van der Waals surface area contributed by atoms with Gasteiger partial charge in [0, 0.05) is 17.8 Å². The van der Waals surface area contributed by atoms with Crippen LogP contribution in [0.3, 0.4) is 0 Å². The average molecular weight is 285 g/mol. The first-order valence-corrected chi connectivity index (χ1v) is 6.02. The molecular weight excluding hydrogens is 268 g/mol. The maximum absolute atomic E-state index is 12.0. The fourth-order valence-corrected chi connectivity index (χ4v) is 1.52. The predicted octanol–water partition coefficient (Wildman–Crippen LogP) is 2.25. The van der Waals surface area contributed by atoms with Gasteiger partial charge in [-0.1, -0.05) is 22.8 Å². The molecule has 0 saturated heterocycles. The monoisotopic (exact) mass is 284 g/mol. The molecule has 1 atom stereocenters. The lowest BCUT2D eigenvalue weighted by Crippen LogP contribution is -2.45. The lowest BCUT2D eigenvalue weighted by molar-refractivity contribution is 0.217. The van der Waals surface area contributed by atoms with Crippen molar-refractivity contribution >= 4 is 29.2 Å². The fraction of sp³-hybridized carbons (Fsp3) is 0.333. The van der Waals surface area contributed by atoms with E-state index in [0.29, 0.717) is 10.7 Å². The lowest BCUT2D eigenvalue weighted by Gasteiger charge is -2.24. The summed E-state index contributed by atoms with van der Waals surface area (Å²) in [5.74, 6) is -0.0420. The van der Waals surface area contributed by atoms with Crippen molar-refractivity contribution in [1.29, 1.82) is 0 Å². The maximum Gasteiger partial charge on any atom is 0.322 e. The smallest absolute Gasteiger partial charge is 0.322 e. The predicted molar refractivity (Wildman–Crippen MR) is 75.8 cm³/mol. The molecule has 0 spiro atoms. The number of hydrogen-bond donors (Lipinski definition) is 3. The van der Waals surface area contributed by atoms with Crippen LogP contribution >= 0.6 is 11.6 Å². The molecular formula is C12H17ClN4O2. The normalized spacial score (nSPS) is 12.9. The van der Waals surface area contributed by atoms with Crippen LogP contribution in [0.1, 0.15) is 12.5 Å². The van der Waals surface area contributed by atoms with Crippen LogP contribution < -0.4 is 11.1 Å². The number of likely N-dealkylation sites (N-methyl/N-ethyl adjacent to an activating group) is 1. The molecule has 1 aromatic rings. The van der Waals surface area contributed by atoms with Gasteiger partial charge in [0.2, 0.25) is 0 Å². The molecule has 6 nitrogen and oxygen atoms in total. The highest BCUT2D eigenvalue weighted by atomic mass is 35.5. The molecule has 4 N–H and O–H groups in total. The summed E-state index contributed by atoms with van der Waals surface area (Å²) in [4.78, 5) is 13.3. The Morgan fingerprint density at radius 1 is 1.58 bits per heavy atom. The Kier molecular flexibility index (Phi) is 5.00. The van der Waals surface area contributed by atoms with E-state index in [1.54, 1.807) is 26.1 Å². The van der Waals surface area contributed by atoms with Crippen LogP contribution in [0.5, 0.6) is 0 Å². The minimum absolute atomic E-state index is 0.0420. The second-order valence-electron chi connectivity index (χ2n) is 4.21. The number of rotatable bonds is 3. The van der Waals surface area contributed by atoms with Gasteiger partial charge in [-0.05, 0) is 31.5 Å². The van der Waals surface area contributed by atoms with Crippen LogP contribution in [-0.4, -0.2) is 35.1 Å². The summed E-state index contributed by atoms with van der Waals surface area (Å²) in [6.07, 6.45) is 0. The van der Waals surface area contributed by atoms with Crippen molar-refractivity contribution in [1.82, 2.24) is 4.90 Å². The molecule has 0 heterocycles. The summed E-state index contributed by atoms with van der Waals surface area (Å²) in [5, 5.41) is 14.7. The minimum Gasteiger partial charge on any atom is -0.409 e. The van der Waals surface area contributed by atoms with Crippen LogP contribution in [-0.2, 0) is 0 Å². The number of oxime groups is 1. The van der Waals surface area contributed by atoms with Crippen molar-refractivity contribution in [3.63, 3.8) is 0 Å². The molecule has 104 valence electrons. The summed E-state index contributed by atoms with van der Waals surface area (Å²) in [6.45, 7) is 3.53. The SMILES string of the molecule is Cc1ccc(NC(=O)N(C)C(C)C(N)=NO)cc1Cl. The molecule has 0 fully saturated rings. The van der Waals surface area contributed by atoms with Crippen LogP contribution in [0.4, 0.5) is 10.5 Å². The summed E-state index contributed by atoms with van der Waals surface area (Å²) in [6, 6.07) is 4.33. The average Bonchev–Trinajstić information content (AvgIpc) is 2.40. The number of nitrogens with zero attached hydrogens (tertiary/aromatic N) is 2. The zero-order valence-electron chi connectivity index (χ0n) is 11.0. The van der Waals surface area contributed by atoms with E-state index >= 15 is 0 Å². The Bertz CT molecular complexity index is 505. The first kappa shape index (κ1) is 15.1. The Morgan fingerprint density at radius 3 is 2.74 bits per heavy atom. The van der Waals surface area contributed by atoms with Crippen molar-refractivity contribution in [3.05, 3.63) is 28.8 Å². The molecule has 0 aromatic heterocycles. The summed E-state index contributed by atoms with van der Waals surface area (Å²) >= 11 is 5.98. The van der Waals surface area contributed by atoms with Gasteiger partial charge < -0.3 is 21.2 Å². The number of nitrogens with two attached hydrogens (primary N) is 1. The molecule has 0 aliphatic rings. The largest absolute Gasteiger partial charge is 0.409 e. The molecule has 0 radical (unpaired) electrons. The summed E-state index contributed by atoms with van der Waals surface area (Å²) < 4.78 is 0. The zero-order chi connectivity index (χ0) is 14.6. The first-order valence-electron chi connectivity index (χ1n) is 5.64. The van der Waals surface area contributed by atoms with Crippen molar-refractivity contribution in [2.75, 3.05) is 12.4 Å². The quantitative estimate of drug-likeness (QED) is 0.344. The minimum atomic E-state index is -0.522. The zero-order valence-corrected chi connectivity index (χ0v) is 11.8. The number of benzene rings is 1. The van der Waals surface area contributed by atoms with E-state index in [1.807, 2.05) is 13.0 Å². The molecule has 1 unspecified atom stereocenters. The van der Waals surface area contributed by atoms with Gasteiger partial charge >= 0.3 is 6.03 Å². The number of halogens is 1. The summed E-state index contributed by atoms with van der Waals surface area (Å²) in [5.41, 5.74) is 6.96. The van der Waals surface area contributed by atoms with Gasteiger partial charge in [0.15, 0.2) is 5.84 Å². The number of nitrogens with one attached hydrogen (secondary N) is 1. The third-order valence-corrected chi connectivity index (χ3v) is 3.28. The van der Waals surface area contributed by atoms with Gasteiger partial charge in [-0.2, -0.15) is 0 Å². The molecule has 0 saturated carbocycles. The number of carbonyl (C=O) groups excluding carboxylic acids is 1. The van der Waals surface area contributed by atoms with Gasteiger partial charge in [-0.15, -0.1) is 0 Å². The number of carbonyl (C=O) groups is 1. The second kappa shape index (κ2) is 6.29. The van der Waals surface area contributed by atoms with Crippen molar-refractivity contribution in [2.24, 2.45) is 10.9 Å². The third-order valence-electron chi connectivity index (χ3n) is 2.87. The Morgan fingerprint density at radius 2 is 2.21 bits per heavy atom. The Balaban J connectivity index is 2.76. The molecule has 1 aromatic carbocycles. The highest BCUT2D eigenvalue weighted by molar-refractivity contribution is 6.31. The third kappa shape index (κ3) is 3.75. The molecule has 19 heavy (non-hydrogen) atoms. The van der Waals surface area contributed by atoms with Gasteiger partial charge in [0.1, 0.15) is 0 Å². The number of aryl methyl sites for hydroxylation is 1. The van der Waals surface area contributed by atoms with Crippen molar-refractivity contribution in [3.8, 4) is 0 Å². The molecule has 2 amide bonds. The number of anilines is 1. The molecule has 1 rings (SSSR count). The lowest BCUT2D eigenvalue weighted by atomic mass is 10.2. The number of urea groups is 1. The van der Waals surface area contributed by atoms with E-state index in [2.05, 4.69) is 10.5 Å². The number of amides is 2. The van der Waals surface area contributed by atoms with Gasteiger partial charge in [-0.25, -0.2) is 4.79 Å². The standard InChI is InChI=1S/C12H17ClN4O2/c1-7-4-5-9(6-10(7)13)15-12(18)17(3)8(2)11(14)16-19/h4-6,8,19H,1-3H3,(H2,14,16)(H,15,18). The van der Waals surface area contributed by atoms with Gasteiger partial charge in [0.05, 0.1) is 6.04 Å². The first-order chi connectivity index (χ1) is 8.86. The number of hydrogen-bond acceptors (Lipinski definition) is 3. The van der Waals surface area contributed by atoms with E-state index < -0.39 is 6.04 Å². The van der Waals surface area contributed by atoms with Crippen LogP contribution in [0, 0.1) is 6.92 Å². The van der Waals surface area contributed by atoms with E-state index in [9.17, 15) is 4.79 Å². The molecule has 0 aliphatic carbocycles. The van der Waals surface area contributed by atoms with E-state index in [-0.39, 0.29) is 11.9 Å². The highest BCUT2D eigenvalue weighted by Crippen LogP contribution is 2.20. The molecule has 7 heteroatoms. The highest BCUT2D eigenvalue weighted by Gasteiger charge is 2.19. The van der Waals surface area contributed by atoms with Gasteiger partial charge in [0.25, 0.3) is 0 Å². The van der Waals surface area contributed by atoms with Crippen LogP contribution in [0.2, 0.25) is 5.02 Å². The Labute approximate surface area is 116 Å². The summed E-state index contributed by atoms with van der Waals surface area (Å²) in [7, 11) is 1.55. The topological polar surface area (TPSA) is 91.0 Å². The van der Waals surface area contributed by atoms with Crippen LogP contribution in [0.25, 0.3) is 0 Å². The Hall–Kier alpha value is -1.95. The van der Waals surface area contributed by atoms with Crippen molar-refractivity contribution < 1.29 is 10.0 Å². The second-order valence-corrected chi connectivity index (χ2v) is 4.61. The van der Waals surface area contributed by atoms with Crippen LogP contribution in [0.15, 0.2) is 23.4 Å². The fourth-order valence-electron chi connectivity index (χ4n) is 1.34. The van der Waals surface area contributed by atoms with E-state index in [1.165, 1.54) is 4.90 Å².